The molecule has 1 aliphatic heterocycles. The summed E-state index contributed by atoms with van der Waals surface area (Å²) < 4.78 is 15.9. The molecule has 1 aliphatic rings. The first kappa shape index (κ1) is 19.1. The second-order valence-corrected chi connectivity index (χ2v) is 6.78. The summed E-state index contributed by atoms with van der Waals surface area (Å²) in [6.07, 6.45) is 0.818. The van der Waals surface area contributed by atoms with E-state index in [4.69, 9.17) is 14.2 Å². The lowest BCUT2D eigenvalue weighted by atomic mass is 10.1. The molecule has 3 rings (SSSR count). The molecule has 0 radical (unpaired) electrons. The molecule has 27 heavy (non-hydrogen) atoms. The maximum Gasteiger partial charge on any atom is 0.177 e. The van der Waals surface area contributed by atoms with Crippen LogP contribution in [0.15, 0.2) is 52.6 Å². The monoisotopic (exact) mass is 385 g/mol. The lowest BCUT2D eigenvalue weighted by molar-refractivity contribution is 0.354. The molecule has 2 aromatic rings. The van der Waals surface area contributed by atoms with Crippen molar-refractivity contribution >= 4 is 22.6 Å². The van der Waals surface area contributed by atoms with E-state index in [1.165, 1.54) is 0 Å². The average Bonchev–Trinajstić information content (AvgIpc) is 2.74. The smallest absolute Gasteiger partial charge is 0.177 e. The third-order valence-corrected chi connectivity index (χ3v) is 5.05. The maximum atomic E-state index is 5.34. The number of nitrogens with zero attached hydrogens (tertiary/aromatic N) is 2. The average molecular weight is 385 g/mol. The fourth-order valence-electron chi connectivity index (χ4n) is 2.67. The van der Waals surface area contributed by atoms with Crippen molar-refractivity contribution in [1.29, 1.82) is 0 Å². The number of hydrogen-bond donors (Lipinski definition) is 1. The van der Waals surface area contributed by atoms with Crippen molar-refractivity contribution < 1.29 is 14.2 Å². The molecular formula is C20H23N3O3S. The topological polar surface area (TPSA) is 64.4 Å². The van der Waals surface area contributed by atoms with Crippen molar-refractivity contribution in [3.63, 3.8) is 0 Å². The van der Waals surface area contributed by atoms with E-state index >= 15 is 0 Å². The van der Waals surface area contributed by atoms with E-state index < -0.39 is 0 Å². The van der Waals surface area contributed by atoms with Gasteiger partial charge in [0.05, 0.1) is 27.0 Å². The number of hydrogen-bond acceptors (Lipinski definition) is 6. The van der Waals surface area contributed by atoms with E-state index in [1.54, 1.807) is 33.1 Å². The Balaban J connectivity index is 1.58. The number of aliphatic imine (C=N–C) groups is 1. The number of benzene rings is 2. The van der Waals surface area contributed by atoms with Gasteiger partial charge in [0, 0.05) is 17.9 Å². The summed E-state index contributed by atoms with van der Waals surface area (Å²) in [6, 6.07) is 13.8. The second kappa shape index (κ2) is 9.32. The molecule has 0 saturated carbocycles. The van der Waals surface area contributed by atoms with Gasteiger partial charge in [-0.3, -0.25) is 10.4 Å². The van der Waals surface area contributed by atoms with Gasteiger partial charge in [-0.15, -0.1) is 0 Å². The van der Waals surface area contributed by atoms with E-state index in [1.807, 2.05) is 42.5 Å². The highest BCUT2D eigenvalue weighted by atomic mass is 32.2. The molecule has 1 heterocycles. The second-order valence-electron chi connectivity index (χ2n) is 5.82. The van der Waals surface area contributed by atoms with Crippen LogP contribution in [0.1, 0.15) is 11.1 Å². The van der Waals surface area contributed by atoms with Crippen LogP contribution in [0.3, 0.4) is 0 Å². The molecule has 0 unspecified atom stereocenters. The Labute approximate surface area is 163 Å². The van der Waals surface area contributed by atoms with Crippen molar-refractivity contribution in [2.75, 3.05) is 33.6 Å². The van der Waals surface area contributed by atoms with Crippen molar-refractivity contribution in [3.8, 4) is 17.2 Å². The number of nitrogens with one attached hydrogen (secondary N) is 1. The molecule has 7 heteroatoms. The van der Waals surface area contributed by atoms with Crippen LogP contribution < -0.4 is 19.6 Å². The van der Waals surface area contributed by atoms with Gasteiger partial charge in [-0.2, -0.15) is 5.10 Å². The number of hydrazone groups is 1. The van der Waals surface area contributed by atoms with E-state index in [0.717, 1.165) is 51.4 Å². The van der Waals surface area contributed by atoms with Gasteiger partial charge in [0.2, 0.25) is 0 Å². The minimum atomic E-state index is 0.675. The zero-order chi connectivity index (χ0) is 19.1. The van der Waals surface area contributed by atoms with Crippen LogP contribution in [-0.4, -0.2) is 44.5 Å². The number of methoxy groups -OCH3 is 3. The molecule has 0 fully saturated rings. The van der Waals surface area contributed by atoms with Crippen molar-refractivity contribution in [2.45, 2.75) is 6.42 Å². The Hall–Kier alpha value is -2.67. The first-order valence-corrected chi connectivity index (χ1v) is 9.57. The fourth-order valence-corrected chi connectivity index (χ4v) is 3.47. The first-order valence-electron chi connectivity index (χ1n) is 8.58. The van der Waals surface area contributed by atoms with Crippen LogP contribution in [0.2, 0.25) is 0 Å². The molecule has 142 valence electrons. The highest BCUT2D eigenvalue weighted by Gasteiger charge is 2.13. The van der Waals surface area contributed by atoms with Gasteiger partial charge in [0.1, 0.15) is 5.75 Å². The lowest BCUT2D eigenvalue weighted by Gasteiger charge is -2.15. The van der Waals surface area contributed by atoms with Crippen molar-refractivity contribution in [1.82, 2.24) is 5.43 Å². The number of ether oxygens (including phenoxy) is 3. The predicted molar refractivity (Wildman–Crippen MR) is 111 cm³/mol. The highest BCUT2D eigenvalue weighted by Crippen LogP contribution is 2.27. The van der Waals surface area contributed by atoms with Crippen molar-refractivity contribution in [2.24, 2.45) is 10.1 Å². The van der Waals surface area contributed by atoms with Gasteiger partial charge in [-0.05, 0) is 36.2 Å². The number of thioether (sulfide) groups is 1. The molecule has 0 aliphatic carbocycles. The Morgan fingerprint density at radius 3 is 2.59 bits per heavy atom. The highest BCUT2D eigenvalue weighted by molar-refractivity contribution is 8.14. The summed E-state index contributed by atoms with van der Waals surface area (Å²) in [6.45, 7) is 0.675. The van der Waals surface area contributed by atoms with Gasteiger partial charge >= 0.3 is 0 Å². The van der Waals surface area contributed by atoms with Gasteiger partial charge < -0.3 is 14.2 Å². The molecule has 1 N–H and O–H groups in total. The summed E-state index contributed by atoms with van der Waals surface area (Å²) >= 11 is 1.65. The molecule has 0 atom stereocenters. The van der Waals surface area contributed by atoms with Crippen LogP contribution >= 0.6 is 11.8 Å². The van der Waals surface area contributed by atoms with Crippen LogP contribution in [0, 0.1) is 0 Å². The van der Waals surface area contributed by atoms with E-state index in [0.29, 0.717) is 6.54 Å². The zero-order valence-corrected chi connectivity index (χ0v) is 16.5. The minimum absolute atomic E-state index is 0.675. The maximum absolute atomic E-state index is 5.34. The third kappa shape index (κ3) is 4.95. The fraction of sp³-hybridized carbons (Fsp3) is 0.300. The summed E-state index contributed by atoms with van der Waals surface area (Å²) in [4.78, 5) is 4.60. The van der Waals surface area contributed by atoms with Gasteiger partial charge in [-0.25, -0.2) is 0 Å². The molecule has 2 aromatic carbocycles. The molecular weight excluding hydrogens is 362 g/mol. The summed E-state index contributed by atoms with van der Waals surface area (Å²) in [5, 5.41) is 5.29. The molecule has 6 nitrogen and oxygen atoms in total. The van der Waals surface area contributed by atoms with Crippen LogP contribution in [0.5, 0.6) is 17.2 Å². The molecule has 0 saturated heterocycles. The normalized spacial score (nSPS) is 15.1. The lowest BCUT2D eigenvalue weighted by Crippen LogP contribution is -2.25. The van der Waals surface area contributed by atoms with Crippen LogP contribution in [0.25, 0.3) is 0 Å². The van der Waals surface area contributed by atoms with Gasteiger partial charge in [-0.1, -0.05) is 30.0 Å². The largest absolute Gasteiger partial charge is 0.497 e. The quantitative estimate of drug-likeness (QED) is 0.792. The van der Waals surface area contributed by atoms with Crippen molar-refractivity contribution in [3.05, 3.63) is 53.6 Å². The van der Waals surface area contributed by atoms with Gasteiger partial charge in [0.25, 0.3) is 0 Å². The molecule has 0 spiro atoms. The van der Waals surface area contributed by atoms with Gasteiger partial charge in [0.15, 0.2) is 16.7 Å². The number of rotatable bonds is 7. The van der Waals surface area contributed by atoms with E-state index in [2.05, 4.69) is 15.5 Å². The Kier molecular flexibility index (Phi) is 6.59. The minimum Gasteiger partial charge on any atom is -0.497 e. The number of amidine groups is 1. The Morgan fingerprint density at radius 1 is 1.04 bits per heavy atom. The van der Waals surface area contributed by atoms with Crippen LogP contribution in [0.4, 0.5) is 0 Å². The Bertz CT molecular complexity index is 852. The first-order chi connectivity index (χ1) is 13.2. The predicted octanol–water partition coefficient (Wildman–Crippen LogP) is 3.35. The van der Waals surface area contributed by atoms with E-state index in [-0.39, 0.29) is 0 Å². The summed E-state index contributed by atoms with van der Waals surface area (Å²) in [5.74, 6) is 3.07. The molecule has 0 bridgehead atoms. The SMILES string of the molecule is COc1cccc(C2=NNC(=NCCc3ccc(OC)c(OC)c3)SC2)c1. The standard InChI is InChI=1S/C20H23N3O3S/c1-24-16-6-4-5-15(12-16)17-13-27-20(23-22-17)21-10-9-14-7-8-18(25-2)19(11-14)26-3/h4-8,11-12H,9-10,13H2,1-3H3,(H,21,23). The third-order valence-electron chi connectivity index (χ3n) is 4.14. The molecule has 0 aromatic heterocycles. The zero-order valence-electron chi connectivity index (χ0n) is 15.7. The van der Waals surface area contributed by atoms with E-state index in [9.17, 15) is 0 Å². The Morgan fingerprint density at radius 2 is 1.89 bits per heavy atom. The molecule has 0 amide bonds. The van der Waals surface area contributed by atoms with Crippen LogP contribution in [-0.2, 0) is 6.42 Å². The summed E-state index contributed by atoms with van der Waals surface area (Å²) in [7, 11) is 4.94. The summed E-state index contributed by atoms with van der Waals surface area (Å²) in [5.41, 5.74) is 6.24.